The maximum Gasteiger partial charge on any atom is 0.161 e. The monoisotopic (exact) mass is 293 g/mol. The van der Waals surface area contributed by atoms with Gasteiger partial charge in [0.25, 0.3) is 0 Å². The molecule has 0 aliphatic carbocycles. The molecule has 0 heterocycles. The largest absolute Gasteiger partial charge is 0.493 e. The summed E-state index contributed by atoms with van der Waals surface area (Å²) in [5.41, 5.74) is 2.87. The molecule has 112 valence electrons. The van der Waals surface area contributed by atoms with Gasteiger partial charge in [0.1, 0.15) is 6.61 Å². The zero-order chi connectivity index (χ0) is 15.8. The van der Waals surface area contributed by atoms with E-state index >= 15 is 0 Å². The molecule has 3 nitrogen and oxygen atoms in total. The van der Waals surface area contributed by atoms with Crippen LogP contribution in [0, 0.1) is 11.3 Å². The van der Waals surface area contributed by atoms with Gasteiger partial charge in [-0.15, -0.1) is 0 Å². The van der Waals surface area contributed by atoms with Crippen molar-refractivity contribution in [1.29, 1.82) is 5.26 Å². The molecule has 0 fully saturated rings. The van der Waals surface area contributed by atoms with Crippen molar-refractivity contribution >= 4 is 0 Å². The fourth-order valence-corrected chi connectivity index (χ4v) is 2.10. The fraction of sp³-hybridized carbons (Fsp3) is 0.211. The van der Waals surface area contributed by atoms with Gasteiger partial charge < -0.3 is 9.47 Å². The van der Waals surface area contributed by atoms with Crippen LogP contribution < -0.4 is 9.47 Å². The lowest BCUT2D eigenvalue weighted by molar-refractivity contribution is 0.284. The van der Waals surface area contributed by atoms with Gasteiger partial charge in [-0.25, -0.2) is 0 Å². The number of allylic oxidation sites excluding steroid dienone is 2. The van der Waals surface area contributed by atoms with Crippen LogP contribution in [0.15, 0.2) is 60.2 Å². The highest BCUT2D eigenvalue weighted by atomic mass is 16.5. The van der Waals surface area contributed by atoms with Gasteiger partial charge in [0, 0.05) is 12.0 Å². The first-order valence-electron chi connectivity index (χ1n) is 7.15. The van der Waals surface area contributed by atoms with E-state index in [2.05, 4.69) is 6.07 Å². The van der Waals surface area contributed by atoms with Crippen molar-refractivity contribution in [1.82, 2.24) is 0 Å². The van der Waals surface area contributed by atoms with Crippen molar-refractivity contribution in [2.75, 3.05) is 7.11 Å². The molecular formula is C19H19NO2. The number of nitrogens with zero attached hydrogens (tertiary/aromatic N) is 1. The van der Waals surface area contributed by atoms with Crippen LogP contribution >= 0.6 is 0 Å². The van der Waals surface area contributed by atoms with E-state index in [4.69, 9.17) is 14.7 Å². The Labute approximate surface area is 131 Å². The molecule has 0 unspecified atom stereocenters. The standard InChI is InChI=1S/C19H19NO2/c1-3-15(13-20)11-17-9-10-18(19(12-17)21-2)22-14-16-7-5-4-6-8-16/h3-10,12H,11,14H2,1-2H3/b15-3-. The average Bonchev–Trinajstić information content (AvgIpc) is 2.59. The number of rotatable bonds is 6. The molecule has 0 atom stereocenters. The van der Waals surface area contributed by atoms with E-state index in [0.29, 0.717) is 24.5 Å². The van der Waals surface area contributed by atoms with Gasteiger partial charge in [-0.2, -0.15) is 5.26 Å². The van der Waals surface area contributed by atoms with Crippen molar-refractivity contribution in [3.05, 3.63) is 71.3 Å². The van der Waals surface area contributed by atoms with Gasteiger partial charge in [-0.05, 0) is 30.2 Å². The topological polar surface area (TPSA) is 42.2 Å². The average molecular weight is 293 g/mol. The highest BCUT2D eigenvalue weighted by Gasteiger charge is 2.07. The molecule has 2 aromatic rings. The summed E-state index contributed by atoms with van der Waals surface area (Å²) in [7, 11) is 1.62. The normalized spacial score (nSPS) is 10.9. The molecule has 0 saturated heterocycles. The summed E-state index contributed by atoms with van der Waals surface area (Å²) in [6.07, 6.45) is 2.43. The van der Waals surface area contributed by atoms with E-state index < -0.39 is 0 Å². The Kier molecular flexibility index (Phi) is 5.62. The van der Waals surface area contributed by atoms with Crippen LogP contribution in [0.4, 0.5) is 0 Å². The fourth-order valence-electron chi connectivity index (χ4n) is 2.10. The quantitative estimate of drug-likeness (QED) is 0.746. The number of nitriles is 1. The lowest BCUT2D eigenvalue weighted by Gasteiger charge is -2.12. The molecule has 0 aliphatic rings. The minimum Gasteiger partial charge on any atom is -0.493 e. The molecule has 2 aromatic carbocycles. The number of hydrogen-bond acceptors (Lipinski definition) is 3. The number of hydrogen-bond donors (Lipinski definition) is 0. The van der Waals surface area contributed by atoms with Crippen LogP contribution in [-0.4, -0.2) is 7.11 Å². The molecule has 0 aromatic heterocycles. The van der Waals surface area contributed by atoms with E-state index in [1.807, 2.05) is 61.5 Å². The Morgan fingerprint density at radius 3 is 2.50 bits per heavy atom. The van der Waals surface area contributed by atoms with E-state index in [1.165, 1.54) is 0 Å². The molecule has 0 radical (unpaired) electrons. The Bertz CT molecular complexity index is 684. The van der Waals surface area contributed by atoms with Crippen LogP contribution in [0.5, 0.6) is 11.5 Å². The summed E-state index contributed by atoms with van der Waals surface area (Å²) < 4.78 is 11.2. The molecule has 0 amide bonds. The van der Waals surface area contributed by atoms with Gasteiger partial charge in [0.05, 0.1) is 13.2 Å². The van der Waals surface area contributed by atoms with Gasteiger partial charge in [-0.3, -0.25) is 0 Å². The van der Waals surface area contributed by atoms with Gasteiger partial charge in [0.15, 0.2) is 11.5 Å². The third-order valence-electron chi connectivity index (χ3n) is 3.35. The van der Waals surface area contributed by atoms with Crippen molar-refractivity contribution in [3.8, 4) is 17.6 Å². The third-order valence-corrected chi connectivity index (χ3v) is 3.35. The van der Waals surface area contributed by atoms with E-state index in [0.717, 1.165) is 16.7 Å². The first-order valence-corrected chi connectivity index (χ1v) is 7.15. The first kappa shape index (κ1) is 15.7. The predicted octanol–water partition coefficient (Wildman–Crippen LogP) is 4.29. The number of ether oxygens (including phenoxy) is 2. The molecule has 0 N–H and O–H groups in total. The highest BCUT2D eigenvalue weighted by molar-refractivity contribution is 5.45. The second-order valence-electron chi connectivity index (χ2n) is 4.86. The minimum atomic E-state index is 0.495. The smallest absolute Gasteiger partial charge is 0.161 e. The van der Waals surface area contributed by atoms with Gasteiger partial charge in [-0.1, -0.05) is 42.5 Å². The van der Waals surface area contributed by atoms with Gasteiger partial charge in [0.2, 0.25) is 0 Å². The highest BCUT2D eigenvalue weighted by Crippen LogP contribution is 2.29. The summed E-state index contributed by atoms with van der Waals surface area (Å²) in [4.78, 5) is 0. The third kappa shape index (κ3) is 4.13. The predicted molar refractivity (Wildman–Crippen MR) is 86.8 cm³/mol. The minimum absolute atomic E-state index is 0.495. The first-order chi connectivity index (χ1) is 10.8. The van der Waals surface area contributed by atoms with Crippen molar-refractivity contribution in [3.63, 3.8) is 0 Å². The number of benzene rings is 2. The van der Waals surface area contributed by atoms with E-state index in [1.54, 1.807) is 7.11 Å². The van der Waals surface area contributed by atoms with Gasteiger partial charge >= 0.3 is 0 Å². The van der Waals surface area contributed by atoms with E-state index in [9.17, 15) is 0 Å². The Morgan fingerprint density at radius 2 is 1.86 bits per heavy atom. The van der Waals surface area contributed by atoms with E-state index in [-0.39, 0.29) is 0 Å². The van der Waals surface area contributed by atoms with Crippen molar-refractivity contribution < 1.29 is 9.47 Å². The lowest BCUT2D eigenvalue weighted by Crippen LogP contribution is -1.98. The molecule has 3 heteroatoms. The summed E-state index contributed by atoms with van der Waals surface area (Å²) in [6.45, 7) is 2.36. The molecule has 0 bridgehead atoms. The summed E-state index contributed by atoms with van der Waals surface area (Å²) in [5, 5.41) is 9.00. The lowest BCUT2D eigenvalue weighted by atomic mass is 10.1. The maximum atomic E-state index is 9.00. The van der Waals surface area contributed by atoms with Crippen LogP contribution in [0.2, 0.25) is 0 Å². The molecule has 0 aliphatic heterocycles. The SMILES string of the molecule is C/C=C(\C#N)Cc1ccc(OCc2ccccc2)c(OC)c1. The summed E-state index contributed by atoms with van der Waals surface area (Å²) >= 11 is 0. The van der Waals surface area contributed by atoms with Crippen LogP contribution in [0.3, 0.4) is 0 Å². The molecule has 0 saturated carbocycles. The Morgan fingerprint density at radius 1 is 1.09 bits per heavy atom. The Balaban J connectivity index is 2.11. The molecule has 0 spiro atoms. The Hall–Kier alpha value is -2.73. The van der Waals surface area contributed by atoms with Crippen LogP contribution in [-0.2, 0) is 13.0 Å². The van der Waals surface area contributed by atoms with Crippen molar-refractivity contribution in [2.45, 2.75) is 20.0 Å². The molecular weight excluding hydrogens is 274 g/mol. The number of methoxy groups -OCH3 is 1. The van der Waals surface area contributed by atoms with Crippen LogP contribution in [0.25, 0.3) is 0 Å². The molecule has 2 rings (SSSR count). The van der Waals surface area contributed by atoms with Crippen LogP contribution in [0.1, 0.15) is 18.1 Å². The summed E-state index contributed by atoms with van der Waals surface area (Å²) in [5.74, 6) is 1.39. The van der Waals surface area contributed by atoms with Crippen molar-refractivity contribution in [2.24, 2.45) is 0 Å². The second kappa shape index (κ2) is 7.90. The zero-order valence-corrected chi connectivity index (χ0v) is 12.9. The maximum absolute atomic E-state index is 9.00. The second-order valence-corrected chi connectivity index (χ2v) is 4.86. The molecule has 22 heavy (non-hydrogen) atoms. The summed E-state index contributed by atoms with van der Waals surface area (Å²) in [6, 6.07) is 17.9. The zero-order valence-electron chi connectivity index (χ0n) is 12.9.